The highest BCUT2D eigenvalue weighted by Gasteiger charge is 2.51. The van der Waals surface area contributed by atoms with E-state index in [9.17, 15) is 0 Å². The molecule has 320 valence electrons. The van der Waals surface area contributed by atoms with Crippen LogP contribution in [0.1, 0.15) is 184 Å². The van der Waals surface area contributed by atoms with Crippen LogP contribution in [0.15, 0.2) is 83.1 Å². The lowest BCUT2D eigenvalue weighted by atomic mass is 9.60. The Kier molecular flexibility index (Phi) is 17.5. The number of rotatable bonds is 11. The second-order valence-corrected chi connectivity index (χ2v) is 23.8. The molecular formula is C55H90P2. The molecule has 6 aliphatic rings. The molecule has 0 aromatic heterocycles. The average molecular weight is 813 g/mol. The largest absolute Gasteiger partial charge is 0.134 e. The Morgan fingerprint density at radius 1 is 0.614 bits per heavy atom. The van der Waals surface area contributed by atoms with Crippen molar-refractivity contribution in [1.29, 1.82) is 0 Å². The Hall–Kier alpha value is -0.960. The fraction of sp³-hybridized carbons (Fsp3) is 0.745. The van der Waals surface area contributed by atoms with Crippen molar-refractivity contribution < 1.29 is 0 Å². The zero-order valence-corrected chi connectivity index (χ0v) is 41.1. The van der Waals surface area contributed by atoms with E-state index < -0.39 is 0 Å². The predicted molar refractivity (Wildman–Crippen MR) is 262 cm³/mol. The summed E-state index contributed by atoms with van der Waals surface area (Å²) in [5.74, 6) is 7.25. The molecule has 0 heterocycles. The maximum Gasteiger partial charge on any atom is -0.0143 e. The third-order valence-electron chi connectivity index (χ3n) is 17.1. The standard InChI is InChI=1S/C28H45P.C27H45P/c1-19(2)20(3)9-10-22(5)26-15-16-27-23(8-7-17-28(26,27)6)12-13-24-18-25(29)14-11-21(24)4;1-19(2)8-6-9-21(4)25-15-16-26-22(10-7-17-27(25,26)5)12-13-23-18-24(28)14-11-20(23)3/h9-10,12-13,19-20,22,25-27H,4,7-8,11,14-18,29H2,1-3,5-6H3;12-13,19,21,24-26H,3,6-11,14-18,28H2,1-2,4-5H3/b10-9+,23-12+,24-13-;22-12+,23-13-. The first-order valence-corrected chi connectivity index (χ1v) is 25.7. The summed E-state index contributed by atoms with van der Waals surface area (Å²) < 4.78 is 0. The first kappa shape index (κ1) is 47.1. The third kappa shape index (κ3) is 11.9. The molecule has 0 amide bonds. The number of allylic oxidation sites excluding steroid dienone is 12. The minimum Gasteiger partial charge on any atom is -0.134 e. The molecule has 0 aliphatic heterocycles. The predicted octanol–water partition coefficient (Wildman–Crippen LogP) is 17.0. The Morgan fingerprint density at radius 2 is 1.11 bits per heavy atom. The van der Waals surface area contributed by atoms with Crippen molar-refractivity contribution >= 4 is 18.5 Å². The van der Waals surface area contributed by atoms with Crippen LogP contribution in [0.25, 0.3) is 0 Å². The number of fused-ring (bicyclic) bond motifs is 2. The molecular weight excluding hydrogens is 723 g/mol. The molecule has 6 fully saturated rings. The highest BCUT2D eigenvalue weighted by Crippen LogP contribution is 2.61. The van der Waals surface area contributed by atoms with Crippen LogP contribution in [-0.4, -0.2) is 11.3 Å². The Labute approximate surface area is 359 Å². The van der Waals surface area contributed by atoms with Gasteiger partial charge in [-0.1, -0.05) is 153 Å². The molecule has 6 saturated carbocycles. The van der Waals surface area contributed by atoms with Gasteiger partial charge in [0.2, 0.25) is 0 Å². The van der Waals surface area contributed by atoms with Gasteiger partial charge in [-0.15, -0.1) is 18.5 Å². The van der Waals surface area contributed by atoms with E-state index in [1.165, 1.54) is 144 Å². The SMILES string of the molecule is C=C1CCC(P)C/C1=C/C=C1\CCCC2(C)C1CCC2C(C)/C=C/C(C)C(C)C.C=C1CCC(P)C/C1=C/C=C1\CCCC2(C)C1CCC2C(C)CCCC(C)C. The van der Waals surface area contributed by atoms with Crippen molar-refractivity contribution in [1.82, 2.24) is 0 Å². The van der Waals surface area contributed by atoms with Crippen molar-refractivity contribution in [2.75, 3.05) is 0 Å². The maximum absolute atomic E-state index is 4.34. The minimum atomic E-state index is 0.486. The molecule has 0 N–H and O–H groups in total. The fourth-order valence-electron chi connectivity index (χ4n) is 13.0. The molecule has 13 atom stereocenters. The van der Waals surface area contributed by atoms with Crippen molar-refractivity contribution in [2.24, 2.45) is 64.1 Å². The monoisotopic (exact) mass is 813 g/mol. The third-order valence-corrected chi connectivity index (χ3v) is 18.2. The van der Waals surface area contributed by atoms with Crippen molar-refractivity contribution in [3.8, 4) is 0 Å². The van der Waals surface area contributed by atoms with E-state index in [4.69, 9.17) is 0 Å². The molecule has 2 heteroatoms. The van der Waals surface area contributed by atoms with Gasteiger partial charge in [0.15, 0.2) is 0 Å². The lowest BCUT2D eigenvalue weighted by Gasteiger charge is -2.44. The molecule has 0 nitrogen and oxygen atoms in total. The molecule has 6 rings (SSSR count). The van der Waals surface area contributed by atoms with E-state index in [-0.39, 0.29) is 0 Å². The van der Waals surface area contributed by atoms with Crippen LogP contribution in [0.4, 0.5) is 0 Å². The smallest absolute Gasteiger partial charge is 0.0143 e. The van der Waals surface area contributed by atoms with Gasteiger partial charge in [-0.05, 0) is 189 Å². The van der Waals surface area contributed by atoms with Gasteiger partial charge in [0.05, 0.1) is 0 Å². The molecule has 0 saturated heterocycles. The van der Waals surface area contributed by atoms with E-state index in [0.29, 0.717) is 22.7 Å². The Balaban J connectivity index is 0.000000218. The van der Waals surface area contributed by atoms with Crippen LogP contribution in [0, 0.1) is 64.1 Å². The summed E-state index contributed by atoms with van der Waals surface area (Å²) in [6, 6.07) is 0. The van der Waals surface area contributed by atoms with Crippen LogP contribution in [-0.2, 0) is 0 Å². The first-order valence-electron chi connectivity index (χ1n) is 24.4. The zero-order valence-electron chi connectivity index (χ0n) is 38.8. The fourth-order valence-corrected chi connectivity index (χ4v) is 13.8. The van der Waals surface area contributed by atoms with E-state index >= 15 is 0 Å². The van der Waals surface area contributed by atoms with Gasteiger partial charge in [-0.3, -0.25) is 0 Å². The molecule has 57 heavy (non-hydrogen) atoms. The van der Waals surface area contributed by atoms with Crippen LogP contribution in [0.3, 0.4) is 0 Å². The lowest BCUT2D eigenvalue weighted by Crippen LogP contribution is -2.36. The van der Waals surface area contributed by atoms with Gasteiger partial charge in [0.25, 0.3) is 0 Å². The van der Waals surface area contributed by atoms with Gasteiger partial charge < -0.3 is 0 Å². The molecule has 0 bridgehead atoms. The summed E-state index contributed by atoms with van der Waals surface area (Å²) in [5.41, 5.74) is 11.8. The van der Waals surface area contributed by atoms with Crippen LogP contribution >= 0.6 is 18.5 Å². The van der Waals surface area contributed by atoms with Gasteiger partial charge >= 0.3 is 0 Å². The highest BCUT2D eigenvalue weighted by atomic mass is 31.0. The summed E-state index contributed by atoms with van der Waals surface area (Å²) in [6.45, 7) is 30.7. The molecule has 0 spiro atoms. The Morgan fingerprint density at radius 3 is 1.60 bits per heavy atom. The molecule has 0 aromatic carbocycles. The number of hydrogen-bond donors (Lipinski definition) is 0. The van der Waals surface area contributed by atoms with E-state index in [1.807, 2.05) is 0 Å². The van der Waals surface area contributed by atoms with E-state index in [0.717, 1.165) is 52.7 Å². The van der Waals surface area contributed by atoms with E-state index in [2.05, 4.69) is 130 Å². The highest BCUT2D eigenvalue weighted by molar-refractivity contribution is 7.17. The van der Waals surface area contributed by atoms with Crippen molar-refractivity contribution in [2.45, 2.75) is 196 Å². The second kappa shape index (κ2) is 21.2. The van der Waals surface area contributed by atoms with Crippen molar-refractivity contribution in [3.05, 3.63) is 83.1 Å². The second-order valence-electron chi connectivity index (χ2n) is 21.9. The maximum atomic E-state index is 4.34. The lowest BCUT2D eigenvalue weighted by molar-refractivity contribution is 0.0929. The van der Waals surface area contributed by atoms with Gasteiger partial charge in [0, 0.05) is 0 Å². The van der Waals surface area contributed by atoms with Gasteiger partial charge in [-0.25, -0.2) is 0 Å². The van der Waals surface area contributed by atoms with Gasteiger partial charge in [-0.2, -0.15) is 0 Å². The van der Waals surface area contributed by atoms with Crippen LogP contribution in [0.5, 0.6) is 0 Å². The quantitative estimate of drug-likeness (QED) is 0.144. The topological polar surface area (TPSA) is 0 Å². The zero-order chi connectivity index (χ0) is 41.5. The minimum absolute atomic E-state index is 0.486. The summed E-state index contributed by atoms with van der Waals surface area (Å²) in [5, 5.41) is 0. The summed E-state index contributed by atoms with van der Waals surface area (Å²) >= 11 is 0. The summed E-state index contributed by atoms with van der Waals surface area (Å²) in [7, 11) is 6.06. The molecule has 0 aromatic rings. The average Bonchev–Trinajstić information content (AvgIpc) is 3.71. The molecule has 0 radical (unpaired) electrons. The van der Waals surface area contributed by atoms with Crippen LogP contribution in [0.2, 0.25) is 0 Å². The Bertz CT molecular complexity index is 1510. The molecule has 13 unspecified atom stereocenters. The first-order chi connectivity index (χ1) is 27.0. The van der Waals surface area contributed by atoms with Crippen molar-refractivity contribution in [3.63, 3.8) is 0 Å². The summed E-state index contributed by atoms with van der Waals surface area (Å²) in [4.78, 5) is 0. The van der Waals surface area contributed by atoms with Crippen LogP contribution < -0.4 is 0 Å². The van der Waals surface area contributed by atoms with Gasteiger partial charge in [0.1, 0.15) is 0 Å². The normalized spacial score (nSPS) is 37.9. The number of hydrogen-bond acceptors (Lipinski definition) is 0. The molecule has 6 aliphatic carbocycles. The summed E-state index contributed by atoms with van der Waals surface area (Å²) in [6.07, 6.45) is 40.5. The van der Waals surface area contributed by atoms with E-state index in [1.54, 1.807) is 11.1 Å².